The zero-order chi connectivity index (χ0) is 13.6. The first-order valence-electron chi connectivity index (χ1n) is 7.42. The molecule has 1 aliphatic carbocycles. The highest BCUT2D eigenvalue weighted by Crippen LogP contribution is 2.64. The fraction of sp³-hybridized carbons (Fsp3) is 0.933. The Balaban J connectivity index is 1.80. The molecule has 4 fully saturated rings. The van der Waals surface area contributed by atoms with Gasteiger partial charge in [0.15, 0.2) is 0 Å². The molecule has 4 aliphatic rings. The zero-order valence-electron chi connectivity index (χ0n) is 11.8. The predicted octanol–water partition coefficient (Wildman–Crippen LogP) is 1.65. The molecular weight excluding hydrogens is 244 g/mol. The highest BCUT2D eigenvalue weighted by molar-refractivity contribution is 5.77. The fourth-order valence-electron chi connectivity index (χ4n) is 5.31. The number of ether oxygens (including phenoxy) is 2. The lowest BCUT2D eigenvalue weighted by molar-refractivity contribution is -0.207. The zero-order valence-corrected chi connectivity index (χ0v) is 11.8. The third-order valence-corrected chi connectivity index (χ3v) is 6.47. The number of hydrogen-bond donors (Lipinski definition) is 1. The van der Waals surface area contributed by atoms with E-state index in [9.17, 15) is 9.90 Å². The SMILES string of the molecule is C[C@@H]1C(=O)O[C@H]2C[C@]3(C)O[C@]21C[C@@H]1[C@H]3CC[C@@]1(C)O. The second kappa shape index (κ2) is 3.17. The number of carbonyl (C=O) groups is 1. The molecule has 4 heteroatoms. The molecule has 0 aromatic heterocycles. The van der Waals surface area contributed by atoms with Crippen molar-refractivity contribution < 1.29 is 19.4 Å². The van der Waals surface area contributed by atoms with Gasteiger partial charge in [-0.15, -0.1) is 0 Å². The summed E-state index contributed by atoms with van der Waals surface area (Å²) in [4.78, 5) is 11.9. The van der Waals surface area contributed by atoms with E-state index in [-0.39, 0.29) is 29.5 Å². The van der Waals surface area contributed by atoms with Crippen LogP contribution in [0.5, 0.6) is 0 Å². The lowest BCUT2D eigenvalue weighted by atomic mass is 9.70. The van der Waals surface area contributed by atoms with Crippen LogP contribution in [0.15, 0.2) is 0 Å². The van der Waals surface area contributed by atoms with Gasteiger partial charge in [0, 0.05) is 6.42 Å². The number of carbonyl (C=O) groups excluding carboxylic acids is 1. The highest BCUT2D eigenvalue weighted by Gasteiger charge is 2.73. The molecule has 1 N–H and O–H groups in total. The Morgan fingerprint density at radius 3 is 2.74 bits per heavy atom. The first kappa shape index (κ1) is 12.2. The van der Waals surface area contributed by atoms with E-state index >= 15 is 0 Å². The van der Waals surface area contributed by atoms with Crippen LogP contribution in [0.3, 0.4) is 0 Å². The van der Waals surface area contributed by atoms with Crippen molar-refractivity contribution >= 4 is 5.97 Å². The maximum Gasteiger partial charge on any atom is 0.312 e. The van der Waals surface area contributed by atoms with Gasteiger partial charge >= 0.3 is 5.97 Å². The van der Waals surface area contributed by atoms with E-state index in [0.29, 0.717) is 5.92 Å². The van der Waals surface area contributed by atoms with Crippen LogP contribution in [0.25, 0.3) is 0 Å². The second-order valence-corrected chi connectivity index (χ2v) is 7.53. The predicted molar refractivity (Wildman–Crippen MR) is 67.3 cm³/mol. The van der Waals surface area contributed by atoms with Gasteiger partial charge in [0.2, 0.25) is 0 Å². The van der Waals surface area contributed by atoms with E-state index in [2.05, 4.69) is 6.92 Å². The number of fused-ring (bicyclic) bond motifs is 3. The minimum absolute atomic E-state index is 0.110. The summed E-state index contributed by atoms with van der Waals surface area (Å²) < 4.78 is 12.0. The summed E-state index contributed by atoms with van der Waals surface area (Å²) in [6, 6.07) is 0. The molecule has 3 aliphatic heterocycles. The smallest absolute Gasteiger partial charge is 0.312 e. The lowest BCUT2D eigenvalue weighted by Crippen LogP contribution is -2.55. The number of aliphatic hydroxyl groups is 1. The monoisotopic (exact) mass is 266 g/mol. The Kier molecular flexibility index (Phi) is 2.03. The van der Waals surface area contributed by atoms with E-state index in [1.165, 1.54) is 0 Å². The van der Waals surface area contributed by atoms with Gasteiger partial charge in [-0.2, -0.15) is 0 Å². The maximum absolute atomic E-state index is 11.9. The van der Waals surface area contributed by atoms with Gasteiger partial charge in [-0.3, -0.25) is 4.79 Å². The summed E-state index contributed by atoms with van der Waals surface area (Å²) in [6.45, 7) is 6.00. The van der Waals surface area contributed by atoms with Crippen LogP contribution in [-0.4, -0.2) is 34.0 Å². The molecule has 7 atom stereocenters. The first-order valence-corrected chi connectivity index (χ1v) is 7.42. The van der Waals surface area contributed by atoms with Crippen molar-refractivity contribution in [3.05, 3.63) is 0 Å². The largest absolute Gasteiger partial charge is 0.459 e. The maximum atomic E-state index is 11.9. The Bertz CT molecular complexity index is 459. The standard InChI is InChI=1S/C15H22O4/c1-8-12(16)18-11-7-14(3)9-4-5-13(2,17)10(9)6-15(8,11)19-14/h8-11,17H,4-7H2,1-3H3/t8-,9-,10-,11+,13-,14+,15+/m1/s1. The molecule has 4 nitrogen and oxygen atoms in total. The third-order valence-electron chi connectivity index (χ3n) is 6.47. The Labute approximate surface area is 113 Å². The number of hydrogen-bond acceptors (Lipinski definition) is 4. The van der Waals surface area contributed by atoms with Crippen LogP contribution in [0.2, 0.25) is 0 Å². The van der Waals surface area contributed by atoms with Crippen molar-refractivity contribution in [2.45, 2.75) is 69.4 Å². The first-order chi connectivity index (χ1) is 8.79. The molecule has 1 saturated carbocycles. The fourth-order valence-corrected chi connectivity index (χ4v) is 5.31. The molecule has 3 saturated heterocycles. The Hall–Kier alpha value is -0.610. The van der Waals surface area contributed by atoms with Gasteiger partial charge in [0.05, 0.1) is 17.1 Å². The van der Waals surface area contributed by atoms with Crippen molar-refractivity contribution in [2.75, 3.05) is 0 Å². The van der Waals surface area contributed by atoms with Gasteiger partial charge in [0.25, 0.3) is 0 Å². The minimum atomic E-state index is -0.622. The molecule has 106 valence electrons. The molecule has 3 heterocycles. The van der Waals surface area contributed by atoms with Crippen molar-refractivity contribution in [1.82, 2.24) is 0 Å². The molecule has 19 heavy (non-hydrogen) atoms. The molecule has 1 spiro atoms. The van der Waals surface area contributed by atoms with Crippen LogP contribution in [-0.2, 0) is 14.3 Å². The van der Waals surface area contributed by atoms with Crippen LogP contribution < -0.4 is 0 Å². The molecule has 0 radical (unpaired) electrons. The molecular formula is C15H22O4. The van der Waals surface area contributed by atoms with Crippen LogP contribution in [0.4, 0.5) is 0 Å². The van der Waals surface area contributed by atoms with E-state index in [1.807, 2.05) is 13.8 Å². The highest BCUT2D eigenvalue weighted by atomic mass is 16.6. The van der Waals surface area contributed by atoms with Gasteiger partial charge in [-0.1, -0.05) is 0 Å². The summed E-state index contributed by atoms with van der Waals surface area (Å²) in [5.74, 6) is 0.276. The van der Waals surface area contributed by atoms with Gasteiger partial charge in [-0.25, -0.2) is 0 Å². The number of rotatable bonds is 0. The van der Waals surface area contributed by atoms with Crippen molar-refractivity contribution in [3.63, 3.8) is 0 Å². The summed E-state index contributed by atoms with van der Waals surface area (Å²) in [5.41, 5.74) is -1.34. The lowest BCUT2D eigenvalue weighted by Gasteiger charge is -2.48. The van der Waals surface area contributed by atoms with Crippen molar-refractivity contribution in [2.24, 2.45) is 17.8 Å². The number of esters is 1. The van der Waals surface area contributed by atoms with Gasteiger partial charge in [-0.05, 0) is 51.9 Å². The quantitative estimate of drug-likeness (QED) is 0.677. The second-order valence-electron chi connectivity index (χ2n) is 7.53. The summed E-state index contributed by atoms with van der Waals surface area (Å²) >= 11 is 0. The molecule has 0 unspecified atom stereocenters. The minimum Gasteiger partial charge on any atom is -0.459 e. The van der Waals surface area contributed by atoms with E-state index in [0.717, 1.165) is 25.7 Å². The average Bonchev–Trinajstić information content (AvgIpc) is 2.81. The van der Waals surface area contributed by atoms with Crippen LogP contribution in [0.1, 0.15) is 46.5 Å². The Morgan fingerprint density at radius 1 is 1.26 bits per heavy atom. The molecule has 4 rings (SSSR count). The van der Waals surface area contributed by atoms with Crippen LogP contribution >= 0.6 is 0 Å². The van der Waals surface area contributed by atoms with E-state index in [1.54, 1.807) is 0 Å². The van der Waals surface area contributed by atoms with E-state index < -0.39 is 11.2 Å². The van der Waals surface area contributed by atoms with Gasteiger partial charge in [0.1, 0.15) is 11.7 Å². The van der Waals surface area contributed by atoms with Crippen LogP contribution in [0, 0.1) is 17.8 Å². The molecule has 0 amide bonds. The summed E-state index contributed by atoms with van der Waals surface area (Å²) in [6.07, 6.45) is 3.30. The molecule has 0 aromatic rings. The molecule has 2 bridgehead atoms. The molecule has 0 aromatic carbocycles. The third kappa shape index (κ3) is 1.25. The van der Waals surface area contributed by atoms with Crippen molar-refractivity contribution in [3.8, 4) is 0 Å². The topological polar surface area (TPSA) is 55.8 Å². The normalized spacial score (nSPS) is 62.8. The average molecular weight is 266 g/mol. The van der Waals surface area contributed by atoms with Gasteiger partial charge < -0.3 is 14.6 Å². The van der Waals surface area contributed by atoms with E-state index in [4.69, 9.17) is 9.47 Å². The summed E-state index contributed by atoms with van der Waals surface area (Å²) in [7, 11) is 0. The Morgan fingerprint density at radius 2 is 2.00 bits per heavy atom. The van der Waals surface area contributed by atoms with Crippen molar-refractivity contribution in [1.29, 1.82) is 0 Å². The summed E-state index contributed by atoms with van der Waals surface area (Å²) in [5, 5.41) is 10.7.